The summed E-state index contributed by atoms with van der Waals surface area (Å²) in [6.45, 7) is 4.25. The smallest absolute Gasteiger partial charge is 0.391 e. The minimum absolute atomic E-state index is 0.471. The molecule has 0 unspecified atom stereocenters. The van der Waals surface area contributed by atoms with Crippen molar-refractivity contribution >= 4 is 8.60 Å². The fourth-order valence-corrected chi connectivity index (χ4v) is 0.886. The Bertz CT molecular complexity index is 201. The van der Waals surface area contributed by atoms with Gasteiger partial charge >= 0.3 is 8.60 Å². The zero-order chi connectivity index (χ0) is 10.1. The maximum Gasteiger partial charge on any atom is 0.391 e. The Balaban J connectivity index is 0.000000424. The maximum absolute atomic E-state index is 8.40. The minimum Gasteiger partial charge on any atom is -0.427 e. The molecule has 1 aromatic rings. The van der Waals surface area contributed by atoms with Gasteiger partial charge in [0.05, 0.1) is 0 Å². The third kappa shape index (κ3) is 7.72. The normalized spacial score (nSPS) is 9.00. The topological polar surface area (TPSA) is 49.7 Å². The standard InChI is InChI=1S/C6H7O3P.C3H8/c7-10(8)9-6-4-2-1-3-5-6;1-3-2/h1-5,7-8H;3H2,1-2H3. The molecule has 4 heteroatoms. The monoisotopic (exact) mass is 202 g/mol. The SMILES string of the molecule is CCC.OP(O)Oc1ccccc1. The molecule has 0 aliphatic rings. The molecule has 0 spiro atoms. The van der Waals surface area contributed by atoms with E-state index >= 15 is 0 Å². The van der Waals surface area contributed by atoms with Crippen molar-refractivity contribution < 1.29 is 14.3 Å². The number of rotatable bonds is 2. The second-order valence-electron chi connectivity index (χ2n) is 2.36. The summed E-state index contributed by atoms with van der Waals surface area (Å²) in [6, 6.07) is 8.65. The Morgan fingerprint density at radius 3 is 2.00 bits per heavy atom. The second kappa shape index (κ2) is 7.99. The largest absolute Gasteiger partial charge is 0.427 e. The van der Waals surface area contributed by atoms with Crippen LogP contribution in [0.4, 0.5) is 0 Å². The molecule has 1 aromatic carbocycles. The summed E-state index contributed by atoms with van der Waals surface area (Å²) < 4.78 is 4.59. The van der Waals surface area contributed by atoms with E-state index in [1.54, 1.807) is 24.3 Å². The van der Waals surface area contributed by atoms with Crippen LogP contribution in [0.1, 0.15) is 20.3 Å². The van der Waals surface area contributed by atoms with Gasteiger partial charge in [-0.05, 0) is 12.1 Å². The minimum atomic E-state index is -2.28. The van der Waals surface area contributed by atoms with Gasteiger partial charge in [-0.3, -0.25) is 0 Å². The maximum atomic E-state index is 8.40. The summed E-state index contributed by atoms with van der Waals surface area (Å²) >= 11 is 0. The van der Waals surface area contributed by atoms with Crippen LogP contribution in [0.3, 0.4) is 0 Å². The van der Waals surface area contributed by atoms with Crippen molar-refractivity contribution in [1.29, 1.82) is 0 Å². The van der Waals surface area contributed by atoms with E-state index in [4.69, 9.17) is 9.79 Å². The predicted octanol–water partition coefficient (Wildman–Crippen LogP) is 2.69. The molecule has 0 aromatic heterocycles. The Morgan fingerprint density at radius 2 is 1.62 bits per heavy atom. The van der Waals surface area contributed by atoms with Gasteiger partial charge in [-0.25, -0.2) is 0 Å². The zero-order valence-electron chi connectivity index (χ0n) is 7.84. The number of benzene rings is 1. The van der Waals surface area contributed by atoms with Crippen molar-refractivity contribution in [2.24, 2.45) is 0 Å². The van der Waals surface area contributed by atoms with Crippen molar-refractivity contribution in [2.75, 3.05) is 0 Å². The van der Waals surface area contributed by atoms with E-state index in [2.05, 4.69) is 18.4 Å². The van der Waals surface area contributed by atoms with Crippen molar-refractivity contribution in [1.82, 2.24) is 0 Å². The fourth-order valence-electron chi connectivity index (χ4n) is 0.576. The van der Waals surface area contributed by atoms with Gasteiger partial charge in [0.1, 0.15) is 5.75 Å². The third-order valence-electron chi connectivity index (χ3n) is 0.930. The molecule has 0 amide bonds. The first-order valence-corrected chi connectivity index (χ1v) is 5.28. The molecule has 0 aliphatic heterocycles. The van der Waals surface area contributed by atoms with Gasteiger partial charge in [-0.15, -0.1) is 0 Å². The summed E-state index contributed by atoms with van der Waals surface area (Å²) in [5.41, 5.74) is 0. The lowest BCUT2D eigenvalue weighted by molar-refractivity contribution is 0.375. The van der Waals surface area contributed by atoms with E-state index in [1.165, 1.54) is 6.42 Å². The van der Waals surface area contributed by atoms with Crippen LogP contribution in [0.15, 0.2) is 30.3 Å². The van der Waals surface area contributed by atoms with Crippen molar-refractivity contribution in [3.05, 3.63) is 30.3 Å². The molecule has 0 fully saturated rings. The van der Waals surface area contributed by atoms with Crippen molar-refractivity contribution in [3.63, 3.8) is 0 Å². The van der Waals surface area contributed by atoms with Crippen LogP contribution in [-0.2, 0) is 0 Å². The zero-order valence-corrected chi connectivity index (χ0v) is 8.74. The Labute approximate surface area is 80.0 Å². The lowest BCUT2D eigenvalue weighted by atomic mass is 10.3. The molecule has 0 radical (unpaired) electrons. The van der Waals surface area contributed by atoms with Gasteiger partial charge < -0.3 is 14.3 Å². The van der Waals surface area contributed by atoms with Crippen molar-refractivity contribution in [2.45, 2.75) is 20.3 Å². The van der Waals surface area contributed by atoms with Gasteiger partial charge in [0.15, 0.2) is 0 Å². The molecule has 1 rings (SSSR count). The molecule has 0 heterocycles. The number of hydrogen-bond donors (Lipinski definition) is 2. The molecule has 13 heavy (non-hydrogen) atoms. The molecule has 0 aliphatic carbocycles. The van der Waals surface area contributed by atoms with Crippen LogP contribution in [-0.4, -0.2) is 9.79 Å². The van der Waals surface area contributed by atoms with Gasteiger partial charge in [-0.2, -0.15) is 0 Å². The molecule has 74 valence electrons. The summed E-state index contributed by atoms with van der Waals surface area (Å²) in [4.78, 5) is 16.8. The van der Waals surface area contributed by atoms with Crippen LogP contribution in [0.5, 0.6) is 5.75 Å². The lowest BCUT2D eigenvalue weighted by Gasteiger charge is -2.02. The van der Waals surface area contributed by atoms with E-state index in [1.807, 2.05) is 6.07 Å². The Hall–Kier alpha value is -0.630. The van der Waals surface area contributed by atoms with E-state index in [0.29, 0.717) is 5.75 Å². The van der Waals surface area contributed by atoms with Gasteiger partial charge in [0.2, 0.25) is 0 Å². The lowest BCUT2D eigenvalue weighted by Crippen LogP contribution is -1.82. The average molecular weight is 202 g/mol. The molecule has 0 atom stereocenters. The van der Waals surface area contributed by atoms with Crippen LogP contribution < -0.4 is 4.52 Å². The highest BCUT2D eigenvalue weighted by atomic mass is 31.2. The predicted molar refractivity (Wildman–Crippen MR) is 54.4 cm³/mol. The number of hydrogen-bond acceptors (Lipinski definition) is 3. The molecular formula is C9H15O3P. The van der Waals surface area contributed by atoms with Gasteiger partial charge in [-0.1, -0.05) is 38.5 Å². The Morgan fingerprint density at radius 1 is 1.15 bits per heavy atom. The van der Waals surface area contributed by atoms with E-state index < -0.39 is 8.60 Å². The first-order valence-electron chi connectivity index (χ1n) is 4.11. The Kier molecular flexibility index (Phi) is 7.60. The second-order valence-corrected chi connectivity index (χ2v) is 3.05. The third-order valence-corrected chi connectivity index (χ3v) is 1.30. The molecular weight excluding hydrogens is 187 g/mol. The van der Waals surface area contributed by atoms with Gasteiger partial charge in [0.25, 0.3) is 0 Å². The van der Waals surface area contributed by atoms with E-state index in [0.717, 1.165) is 0 Å². The molecule has 0 bridgehead atoms. The number of para-hydroxylation sites is 1. The summed E-state index contributed by atoms with van der Waals surface area (Å²) in [6.07, 6.45) is 1.25. The van der Waals surface area contributed by atoms with Crippen LogP contribution in [0, 0.1) is 0 Å². The summed E-state index contributed by atoms with van der Waals surface area (Å²) in [5.74, 6) is 0.471. The highest BCUT2D eigenvalue weighted by Gasteiger charge is 1.99. The summed E-state index contributed by atoms with van der Waals surface area (Å²) in [5, 5.41) is 0. The first kappa shape index (κ1) is 12.4. The molecule has 0 saturated carbocycles. The van der Waals surface area contributed by atoms with E-state index in [9.17, 15) is 0 Å². The fraction of sp³-hybridized carbons (Fsp3) is 0.333. The molecule has 0 saturated heterocycles. The molecule has 2 N–H and O–H groups in total. The van der Waals surface area contributed by atoms with E-state index in [-0.39, 0.29) is 0 Å². The first-order chi connectivity index (χ1) is 6.20. The highest BCUT2D eigenvalue weighted by Crippen LogP contribution is 2.27. The van der Waals surface area contributed by atoms with Crippen molar-refractivity contribution in [3.8, 4) is 5.75 Å². The van der Waals surface area contributed by atoms with Crippen LogP contribution in [0.25, 0.3) is 0 Å². The highest BCUT2D eigenvalue weighted by molar-refractivity contribution is 7.39. The van der Waals surface area contributed by atoms with Gasteiger partial charge in [0, 0.05) is 0 Å². The van der Waals surface area contributed by atoms with Crippen LogP contribution in [0.2, 0.25) is 0 Å². The average Bonchev–Trinajstić information content (AvgIpc) is 2.06. The van der Waals surface area contributed by atoms with Crippen LogP contribution >= 0.6 is 8.60 Å². The quantitative estimate of drug-likeness (QED) is 0.725. The summed E-state index contributed by atoms with van der Waals surface area (Å²) in [7, 11) is -2.28. The molecule has 3 nitrogen and oxygen atoms in total.